The first-order valence-electron chi connectivity index (χ1n) is 10.8. The van der Waals surface area contributed by atoms with Crippen LogP contribution in [0.15, 0.2) is 49.1 Å². The van der Waals surface area contributed by atoms with Crippen LogP contribution in [0.2, 0.25) is 10.0 Å². The number of hydrogen-bond donors (Lipinski definition) is 1. The van der Waals surface area contributed by atoms with E-state index in [1.807, 2.05) is 17.0 Å². The summed E-state index contributed by atoms with van der Waals surface area (Å²) in [6.07, 6.45) is 6.74. The Hall–Kier alpha value is -3.10. The second kappa shape index (κ2) is 9.41. The van der Waals surface area contributed by atoms with Crippen LogP contribution in [0.5, 0.6) is 0 Å². The van der Waals surface area contributed by atoms with Crippen molar-refractivity contribution < 1.29 is 4.79 Å². The van der Waals surface area contributed by atoms with Gasteiger partial charge in [0.15, 0.2) is 0 Å². The summed E-state index contributed by atoms with van der Waals surface area (Å²) in [5, 5.41) is 4.63. The maximum absolute atomic E-state index is 13.3. The molecule has 4 heterocycles. The number of benzene rings is 1. The van der Waals surface area contributed by atoms with Gasteiger partial charge in [-0.1, -0.05) is 23.2 Å². The van der Waals surface area contributed by atoms with E-state index in [0.717, 1.165) is 36.0 Å². The number of hydrogen-bond acceptors (Lipinski definition) is 7. The molecule has 0 saturated carbocycles. The number of nitrogens with one attached hydrogen (secondary N) is 1. The van der Waals surface area contributed by atoms with E-state index in [4.69, 9.17) is 23.2 Å². The average molecular weight is 484 g/mol. The summed E-state index contributed by atoms with van der Waals surface area (Å²) in [5.41, 5.74) is 2.41. The minimum absolute atomic E-state index is 0.0181. The fourth-order valence-electron chi connectivity index (χ4n) is 4.19. The molecule has 1 fully saturated rings. The Kier molecular flexibility index (Phi) is 6.20. The standard InChI is InChI=1S/C23H23Cl2N7O/c24-18-1-2-19(25)17(11-18)15-32-6-5-28-22-20(32)12-16(13-29-22)23(33)31-9-7-30(8-10-31)21-14-26-3-4-27-21/h1-4,11-14H,5-10,15H2,(H,28,29). The number of carbonyl (C=O) groups is 1. The van der Waals surface area contributed by atoms with Crippen LogP contribution in [-0.2, 0) is 6.54 Å². The van der Waals surface area contributed by atoms with Gasteiger partial charge in [0.05, 0.1) is 17.4 Å². The van der Waals surface area contributed by atoms with Gasteiger partial charge in [-0.15, -0.1) is 0 Å². The number of nitrogens with zero attached hydrogens (tertiary/aromatic N) is 6. The molecular weight excluding hydrogens is 461 g/mol. The fraction of sp³-hybridized carbons (Fsp3) is 0.304. The van der Waals surface area contributed by atoms with Gasteiger partial charge in [-0.25, -0.2) is 9.97 Å². The van der Waals surface area contributed by atoms with Gasteiger partial charge < -0.3 is 20.0 Å². The number of fused-ring (bicyclic) bond motifs is 1. The molecule has 33 heavy (non-hydrogen) atoms. The van der Waals surface area contributed by atoms with Gasteiger partial charge in [0.1, 0.15) is 11.6 Å². The molecule has 1 N–H and O–H groups in total. The van der Waals surface area contributed by atoms with Gasteiger partial charge in [-0.3, -0.25) is 9.78 Å². The molecule has 0 aliphatic carbocycles. The molecule has 2 aromatic heterocycles. The Morgan fingerprint density at radius 3 is 2.64 bits per heavy atom. The molecule has 10 heteroatoms. The lowest BCUT2D eigenvalue weighted by atomic mass is 10.1. The molecule has 0 unspecified atom stereocenters. The summed E-state index contributed by atoms with van der Waals surface area (Å²) in [6, 6.07) is 7.39. The molecule has 3 aromatic rings. The molecule has 2 aliphatic heterocycles. The van der Waals surface area contributed by atoms with Crippen molar-refractivity contribution in [3.05, 3.63) is 70.2 Å². The maximum Gasteiger partial charge on any atom is 0.255 e. The van der Waals surface area contributed by atoms with Gasteiger partial charge >= 0.3 is 0 Å². The molecule has 1 saturated heterocycles. The van der Waals surface area contributed by atoms with E-state index in [1.165, 1.54) is 0 Å². The van der Waals surface area contributed by atoms with Gasteiger partial charge in [-0.2, -0.15) is 0 Å². The number of rotatable bonds is 4. The summed E-state index contributed by atoms with van der Waals surface area (Å²) < 4.78 is 0. The Balaban J connectivity index is 1.32. The monoisotopic (exact) mass is 483 g/mol. The summed E-state index contributed by atoms with van der Waals surface area (Å²) in [7, 11) is 0. The molecule has 0 atom stereocenters. The van der Waals surface area contributed by atoms with Gasteiger partial charge in [0, 0.05) is 74.4 Å². The molecule has 1 aromatic carbocycles. The minimum atomic E-state index is -0.0181. The fourth-order valence-corrected chi connectivity index (χ4v) is 4.56. The third-order valence-electron chi connectivity index (χ3n) is 5.94. The van der Waals surface area contributed by atoms with E-state index in [0.29, 0.717) is 48.3 Å². The Morgan fingerprint density at radius 1 is 1.00 bits per heavy atom. The van der Waals surface area contributed by atoms with Crippen LogP contribution in [0.25, 0.3) is 0 Å². The van der Waals surface area contributed by atoms with E-state index >= 15 is 0 Å². The number of piperazine rings is 1. The number of pyridine rings is 1. The van der Waals surface area contributed by atoms with Crippen LogP contribution in [0.1, 0.15) is 15.9 Å². The van der Waals surface area contributed by atoms with Crippen molar-refractivity contribution in [2.24, 2.45) is 0 Å². The third-order valence-corrected chi connectivity index (χ3v) is 6.54. The highest BCUT2D eigenvalue weighted by Crippen LogP contribution is 2.31. The van der Waals surface area contributed by atoms with Crippen LogP contribution < -0.4 is 15.1 Å². The normalized spacial score (nSPS) is 15.8. The molecule has 1 amide bonds. The Morgan fingerprint density at radius 2 is 1.85 bits per heavy atom. The molecule has 0 bridgehead atoms. The summed E-state index contributed by atoms with van der Waals surface area (Å²) in [4.78, 5) is 32.5. The summed E-state index contributed by atoms with van der Waals surface area (Å²) in [5.74, 6) is 1.58. The second-order valence-electron chi connectivity index (χ2n) is 8.02. The topological polar surface area (TPSA) is 77.5 Å². The van der Waals surface area contributed by atoms with Crippen LogP contribution in [0, 0.1) is 0 Å². The number of aromatic nitrogens is 3. The molecule has 8 nitrogen and oxygen atoms in total. The molecule has 170 valence electrons. The average Bonchev–Trinajstić information content (AvgIpc) is 2.86. The predicted molar refractivity (Wildman–Crippen MR) is 130 cm³/mol. The van der Waals surface area contributed by atoms with Crippen molar-refractivity contribution in [1.82, 2.24) is 19.9 Å². The van der Waals surface area contributed by atoms with E-state index in [1.54, 1.807) is 36.9 Å². The number of carbonyl (C=O) groups excluding carboxylic acids is 1. The first-order valence-corrected chi connectivity index (χ1v) is 11.6. The highest BCUT2D eigenvalue weighted by Gasteiger charge is 2.26. The largest absolute Gasteiger partial charge is 0.367 e. The first kappa shape index (κ1) is 21.7. The molecule has 0 spiro atoms. The van der Waals surface area contributed by atoms with Crippen molar-refractivity contribution in [1.29, 1.82) is 0 Å². The van der Waals surface area contributed by atoms with Gasteiger partial charge in [-0.05, 0) is 29.8 Å². The lowest BCUT2D eigenvalue weighted by molar-refractivity contribution is 0.0746. The smallest absolute Gasteiger partial charge is 0.255 e. The molecule has 2 aliphatic rings. The van der Waals surface area contributed by atoms with Crippen molar-refractivity contribution in [2.45, 2.75) is 6.54 Å². The summed E-state index contributed by atoms with van der Waals surface area (Å²) >= 11 is 12.6. The third kappa shape index (κ3) is 4.67. The molecule has 0 radical (unpaired) electrons. The van der Waals surface area contributed by atoms with Crippen LogP contribution in [0.4, 0.5) is 17.3 Å². The van der Waals surface area contributed by atoms with Crippen molar-refractivity contribution >= 4 is 46.4 Å². The Bertz CT molecular complexity index is 1150. The van der Waals surface area contributed by atoms with E-state index in [9.17, 15) is 4.79 Å². The van der Waals surface area contributed by atoms with Crippen LogP contribution >= 0.6 is 23.2 Å². The van der Waals surface area contributed by atoms with Crippen molar-refractivity contribution in [3.8, 4) is 0 Å². The number of halogens is 2. The highest BCUT2D eigenvalue weighted by atomic mass is 35.5. The van der Waals surface area contributed by atoms with Crippen LogP contribution in [0.3, 0.4) is 0 Å². The highest BCUT2D eigenvalue weighted by molar-refractivity contribution is 6.33. The SMILES string of the molecule is O=C(c1cnc2c(c1)N(Cc1cc(Cl)ccc1Cl)CCN2)N1CCN(c2cnccn2)CC1. The lowest BCUT2D eigenvalue weighted by Crippen LogP contribution is -2.49. The first-order chi connectivity index (χ1) is 16.1. The zero-order valence-electron chi connectivity index (χ0n) is 17.9. The second-order valence-corrected chi connectivity index (χ2v) is 8.86. The van der Waals surface area contributed by atoms with E-state index in [2.05, 4.69) is 30.1 Å². The summed E-state index contributed by atoms with van der Waals surface area (Å²) in [6.45, 7) is 4.78. The quantitative estimate of drug-likeness (QED) is 0.607. The van der Waals surface area contributed by atoms with E-state index < -0.39 is 0 Å². The minimum Gasteiger partial charge on any atom is -0.367 e. The number of amides is 1. The number of anilines is 3. The van der Waals surface area contributed by atoms with Crippen molar-refractivity contribution in [2.75, 3.05) is 54.4 Å². The lowest BCUT2D eigenvalue weighted by Gasteiger charge is -2.36. The van der Waals surface area contributed by atoms with E-state index in [-0.39, 0.29) is 5.91 Å². The van der Waals surface area contributed by atoms with Crippen molar-refractivity contribution in [3.63, 3.8) is 0 Å². The maximum atomic E-state index is 13.3. The Labute approximate surface area is 202 Å². The molecular formula is C23H23Cl2N7O. The zero-order chi connectivity index (χ0) is 22.8. The van der Waals surface area contributed by atoms with Gasteiger partial charge in [0.25, 0.3) is 5.91 Å². The van der Waals surface area contributed by atoms with Crippen LogP contribution in [-0.4, -0.2) is 65.0 Å². The zero-order valence-corrected chi connectivity index (χ0v) is 19.4. The molecule has 5 rings (SSSR count). The van der Waals surface area contributed by atoms with Gasteiger partial charge in [0.2, 0.25) is 0 Å². The predicted octanol–water partition coefficient (Wildman–Crippen LogP) is 3.57.